The number of nitrogens with two attached hydrogens (primary N) is 1. The van der Waals surface area contributed by atoms with E-state index in [-0.39, 0.29) is 0 Å². The number of nitrogens with zero attached hydrogens (tertiary/aromatic N) is 2. The van der Waals surface area contributed by atoms with Gasteiger partial charge in [0.05, 0.1) is 0 Å². The minimum atomic E-state index is 0.325. The lowest BCUT2D eigenvalue weighted by atomic mass is 10.2. The third-order valence-corrected chi connectivity index (χ3v) is 2.74. The summed E-state index contributed by atoms with van der Waals surface area (Å²) in [5.41, 5.74) is 6.90. The van der Waals surface area contributed by atoms with Crippen LogP contribution in [0, 0.1) is 6.92 Å². The van der Waals surface area contributed by atoms with Crippen LogP contribution >= 0.6 is 0 Å². The molecule has 4 nitrogen and oxygen atoms in total. The van der Waals surface area contributed by atoms with Crippen LogP contribution in [-0.4, -0.2) is 9.55 Å². The molecule has 0 saturated heterocycles. The highest BCUT2D eigenvalue weighted by molar-refractivity contribution is 5.29. The number of benzene rings is 1. The maximum absolute atomic E-state index is 5.74. The van der Waals surface area contributed by atoms with Crippen molar-refractivity contribution in [3.8, 4) is 5.75 Å². The zero-order valence-corrected chi connectivity index (χ0v) is 11.1. The Balaban J connectivity index is 2.10. The highest BCUT2D eigenvalue weighted by atomic mass is 16.5. The van der Waals surface area contributed by atoms with Crippen LogP contribution < -0.4 is 10.5 Å². The summed E-state index contributed by atoms with van der Waals surface area (Å²) in [6.45, 7) is 6.66. The lowest BCUT2D eigenvalue weighted by Gasteiger charge is -2.12. The molecule has 0 fully saturated rings. The standard InChI is InChI=1S/C14H19N3O/c1-10(2)17-8-13(15)16-14(17)9-18-12-6-4-5-11(3)7-12/h4-8,10H,9,15H2,1-3H3. The Hall–Kier alpha value is -1.97. The van der Waals surface area contributed by atoms with Crippen LogP contribution in [0.3, 0.4) is 0 Å². The molecule has 0 radical (unpaired) electrons. The molecule has 0 aliphatic rings. The predicted molar refractivity (Wildman–Crippen MR) is 72.5 cm³/mol. The van der Waals surface area contributed by atoms with Crippen molar-refractivity contribution in [1.82, 2.24) is 9.55 Å². The summed E-state index contributed by atoms with van der Waals surface area (Å²) >= 11 is 0. The second-order valence-corrected chi connectivity index (χ2v) is 4.69. The molecule has 0 aliphatic heterocycles. The third kappa shape index (κ3) is 2.83. The average Bonchev–Trinajstić information content (AvgIpc) is 2.68. The molecule has 0 aliphatic carbocycles. The van der Waals surface area contributed by atoms with Crippen LogP contribution in [0.4, 0.5) is 5.82 Å². The van der Waals surface area contributed by atoms with Crippen molar-refractivity contribution in [3.63, 3.8) is 0 Å². The highest BCUT2D eigenvalue weighted by Crippen LogP contribution is 2.17. The van der Waals surface area contributed by atoms with Gasteiger partial charge in [0.25, 0.3) is 0 Å². The van der Waals surface area contributed by atoms with Crippen molar-refractivity contribution >= 4 is 5.82 Å². The maximum Gasteiger partial charge on any atom is 0.149 e. The molecule has 2 rings (SSSR count). The van der Waals surface area contributed by atoms with Crippen LogP contribution in [0.25, 0.3) is 0 Å². The summed E-state index contributed by atoms with van der Waals surface area (Å²) in [5, 5.41) is 0. The molecule has 0 atom stereocenters. The van der Waals surface area contributed by atoms with E-state index in [1.807, 2.05) is 42.0 Å². The van der Waals surface area contributed by atoms with E-state index in [0.29, 0.717) is 18.5 Å². The van der Waals surface area contributed by atoms with Gasteiger partial charge in [-0.3, -0.25) is 0 Å². The van der Waals surface area contributed by atoms with E-state index in [0.717, 1.165) is 11.6 Å². The maximum atomic E-state index is 5.74. The fraction of sp³-hybridized carbons (Fsp3) is 0.357. The molecule has 18 heavy (non-hydrogen) atoms. The zero-order valence-electron chi connectivity index (χ0n) is 11.1. The SMILES string of the molecule is Cc1cccc(OCc2nc(N)cn2C(C)C)c1. The first-order chi connectivity index (χ1) is 8.56. The van der Waals surface area contributed by atoms with Gasteiger partial charge in [-0.25, -0.2) is 4.98 Å². The number of ether oxygens (including phenoxy) is 1. The summed E-state index contributed by atoms with van der Waals surface area (Å²) < 4.78 is 7.77. The predicted octanol–water partition coefficient (Wildman–Crippen LogP) is 2.93. The van der Waals surface area contributed by atoms with Crippen LogP contribution in [0.2, 0.25) is 0 Å². The third-order valence-electron chi connectivity index (χ3n) is 2.74. The Morgan fingerprint density at radius 3 is 2.83 bits per heavy atom. The quantitative estimate of drug-likeness (QED) is 0.901. The molecule has 0 bridgehead atoms. The van der Waals surface area contributed by atoms with Gasteiger partial charge in [0.1, 0.15) is 24.0 Å². The fourth-order valence-electron chi connectivity index (χ4n) is 1.86. The lowest BCUT2D eigenvalue weighted by Crippen LogP contribution is -2.08. The second-order valence-electron chi connectivity index (χ2n) is 4.69. The molecule has 0 unspecified atom stereocenters. The van der Waals surface area contributed by atoms with Gasteiger partial charge in [0.15, 0.2) is 0 Å². The Labute approximate surface area is 107 Å². The first-order valence-corrected chi connectivity index (χ1v) is 6.09. The van der Waals surface area contributed by atoms with Gasteiger partial charge in [0.2, 0.25) is 0 Å². The largest absolute Gasteiger partial charge is 0.486 e. The van der Waals surface area contributed by atoms with E-state index in [4.69, 9.17) is 10.5 Å². The average molecular weight is 245 g/mol. The van der Waals surface area contributed by atoms with Gasteiger partial charge in [0, 0.05) is 12.2 Å². The van der Waals surface area contributed by atoms with Crippen molar-refractivity contribution in [2.45, 2.75) is 33.4 Å². The van der Waals surface area contributed by atoms with E-state index in [9.17, 15) is 0 Å². The Morgan fingerprint density at radius 2 is 2.17 bits per heavy atom. The van der Waals surface area contributed by atoms with Crippen LogP contribution in [0.5, 0.6) is 5.75 Å². The molecule has 0 spiro atoms. The summed E-state index contributed by atoms with van der Waals surface area (Å²) in [4.78, 5) is 4.29. The number of anilines is 1. The van der Waals surface area contributed by atoms with Gasteiger partial charge < -0.3 is 15.0 Å². The van der Waals surface area contributed by atoms with Gasteiger partial charge >= 0.3 is 0 Å². The number of nitrogen functional groups attached to an aromatic ring is 1. The van der Waals surface area contributed by atoms with Gasteiger partial charge in [-0.05, 0) is 38.5 Å². The van der Waals surface area contributed by atoms with Crippen molar-refractivity contribution < 1.29 is 4.74 Å². The summed E-state index contributed by atoms with van der Waals surface area (Å²) in [7, 11) is 0. The van der Waals surface area contributed by atoms with Gasteiger partial charge in [-0.1, -0.05) is 12.1 Å². The van der Waals surface area contributed by atoms with E-state index < -0.39 is 0 Å². The van der Waals surface area contributed by atoms with E-state index in [1.54, 1.807) is 0 Å². The van der Waals surface area contributed by atoms with Crippen LogP contribution in [-0.2, 0) is 6.61 Å². The van der Waals surface area contributed by atoms with Crippen LogP contribution in [0.1, 0.15) is 31.3 Å². The number of imidazole rings is 1. The molecule has 1 aromatic heterocycles. The molecule has 4 heteroatoms. The number of aryl methyl sites for hydroxylation is 1. The van der Waals surface area contributed by atoms with Crippen molar-refractivity contribution in [2.75, 3.05) is 5.73 Å². The first-order valence-electron chi connectivity index (χ1n) is 6.09. The molecule has 0 saturated carbocycles. The molecule has 0 amide bonds. The summed E-state index contributed by atoms with van der Waals surface area (Å²) in [6.07, 6.45) is 1.85. The smallest absolute Gasteiger partial charge is 0.149 e. The topological polar surface area (TPSA) is 53.1 Å². The van der Waals surface area contributed by atoms with Crippen molar-refractivity contribution in [1.29, 1.82) is 0 Å². The van der Waals surface area contributed by atoms with Crippen molar-refractivity contribution in [2.24, 2.45) is 0 Å². The number of rotatable bonds is 4. The minimum Gasteiger partial charge on any atom is -0.486 e. The molecule has 96 valence electrons. The van der Waals surface area contributed by atoms with Gasteiger partial charge in [-0.15, -0.1) is 0 Å². The normalized spacial score (nSPS) is 10.9. The summed E-state index contributed by atoms with van der Waals surface area (Å²) in [6, 6.07) is 8.30. The van der Waals surface area contributed by atoms with Crippen LogP contribution in [0.15, 0.2) is 30.5 Å². The molecule has 1 heterocycles. The van der Waals surface area contributed by atoms with E-state index in [2.05, 4.69) is 18.8 Å². The van der Waals surface area contributed by atoms with E-state index in [1.165, 1.54) is 5.56 Å². The molecular weight excluding hydrogens is 226 g/mol. The molecule has 2 N–H and O–H groups in total. The fourth-order valence-corrected chi connectivity index (χ4v) is 1.86. The number of hydrogen-bond donors (Lipinski definition) is 1. The minimum absolute atomic E-state index is 0.325. The Kier molecular flexibility index (Phi) is 3.55. The monoisotopic (exact) mass is 245 g/mol. The molecule has 2 aromatic rings. The molecular formula is C14H19N3O. The summed E-state index contributed by atoms with van der Waals surface area (Å²) in [5.74, 6) is 2.24. The number of hydrogen-bond acceptors (Lipinski definition) is 3. The van der Waals surface area contributed by atoms with E-state index >= 15 is 0 Å². The lowest BCUT2D eigenvalue weighted by molar-refractivity contribution is 0.286. The van der Waals surface area contributed by atoms with Crippen molar-refractivity contribution in [3.05, 3.63) is 41.9 Å². The number of aromatic nitrogens is 2. The Bertz CT molecular complexity index is 532. The first kappa shape index (κ1) is 12.5. The zero-order chi connectivity index (χ0) is 13.1. The van der Waals surface area contributed by atoms with Gasteiger partial charge in [-0.2, -0.15) is 0 Å². The highest BCUT2D eigenvalue weighted by Gasteiger charge is 2.09. The second kappa shape index (κ2) is 5.12. The Morgan fingerprint density at radius 1 is 1.39 bits per heavy atom. The molecule has 1 aromatic carbocycles.